The lowest BCUT2D eigenvalue weighted by atomic mass is 9.93. The molecule has 0 aliphatic carbocycles. The van der Waals surface area contributed by atoms with Gasteiger partial charge in [-0.3, -0.25) is 9.59 Å². The van der Waals surface area contributed by atoms with Crippen molar-refractivity contribution in [3.05, 3.63) is 48.0 Å². The van der Waals surface area contributed by atoms with Gasteiger partial charge < -0.3 is 24.8 Å². The number of hydrogen-bond donors (Lipinski definition) is 2. The lowest BCUT2D eigenvalue weighted by Crippen LogP contribution is -2.48. The first-order chi connectivity index (χ1) is 15.3. The Morgan fingerprint density at radius 3 is 2.62 bits per heavy atom. The Morgan fingerprint density at radius 1 is 1.19 bits per heavy atom. The zero-order chi connectivity index (χ0) is 22.9. The molecule has 32 heavy (non-hydrogen) atoms. The van der Waals surface area contributed by atoms with Gasteiger partial charge in [0, 0.05) is 11.8 Å². The summed E-state index contributed by atoms with van der Waals surface area (Å²) < 4.78 is 15.7. The maximum Gasteiger partial charge on any atom is 0.325 e. The number of imide groups is 1. The molecule has 2 N–H and O–H groups in total. The van der Waals surface area contributed by atoms with E-state index < -0.39 is 29.4 Å². The van der Waals surface area contributed by atoms with E-state index in [1.54, 1.807) is 32.2 Å². The van der Waals surface area contributed by atoms with Crippen molar-refractivity contribution < 1.29 is 28.6 Å². The monoisotopic (exact) mass is 439 g/mol. The number of rotatable bonds is 7. The SMILES string of the molecule is COc1ccc(CCC2(C)NC(=O)N(C(C)C(=O)Nc3ccc4c(c3)OCO4)C2=O)cc1. The van der Waals surface area contributed by atoms with Crippen LogP contribution < -0.4 is 24.8 Å². The molecule has 0 saturated carbocycles. The van der Waals surface area contributed by atoms with Crippen LogP contribution in [0.1, 0.15) is 25.8 Å². The zero-order valence-corrected chi connectivity index (χ0v) is 18.1. The first kappa shape index (κ1) is 21.5. The van der Waals surface area contributed by atoms with Crippen LogP contribution in [0.4, 0.5) is 10.5 Å². The number of nitrogens with one attached hydrogen (secondary N) is 2. The summed E-state index contributed by atoms with van der Waals surface area (Å²) in [4.78, 5) is 39.5. The van der Waals surface area contributed by atoms with Crippen LogP contribution in [0, 0.1) is 0 Å². The molecule has 4 rings (SSSR count). The number of methoxy groups -OCH3 is 1. The van der Waals surface area contributed by atoms with Gasteiger partial charge in [0.1, 0.15) is 17.3 Å². The number of fused-ring (bicyclic) bond motifs is 1. The van der Waals surface area contributed by atoms with Gasteiger partial charge in [0.2, 0.25) is 12.7 Å². The molecule has 2 aliphatic rings. The van der Waals surface area contributed by atoms with Gasteiger partial charge >= 0.3 is 6.03 Å². The third-order valence-electron chi connectivity index (χ3n) is 5.77. The van der Waals surface area contributed by atoms with Crippen molar-refractivity contribution in [2.45, 2.75) is 38.3 Å². The fraction of sp³-hybridized carbons (Fsp3) is 0.348. The van der Waals surface area contributed by atoms with Gasteiger partial charge in [-0.25, -0.2) is 9.69 Å². The summed E-state index contributed by atoms with van der Waals surface area (Å²) in [6, 6.07) is 11.0. The highest BCUT2D eigenvalue weighted by atomic mass is 16.7. The average Bonchev–Trinajstić information content (AvgIpc) is 3.34. The Kier molecular flexibility index (Phi) is 5.65. The first-order valence-corrected chi connectivity index (χ1v) is 10.3. The molecule has 9 heteroatoms. The van der Waals surface area contributed by atoms with Gasteiger partial charge in [-0.2, -0.15) is 0 Å². The summed E-state index contributed by atoms with van der Waals surface area (Å²) in [6.07, 6.45) is 0.981. The molecule has 1 fully saturated rings. The minimum atomic E-state index is -1.09. The number of benzene rings is 2. The molecule has 0 aromatic heterocycles. The average molecular weight is 439 g/mol. The number of amides is 4. The van der Waals surface area contributed by atoms with Crippen LogP contribution >= 0.6 is 0 Å². The van der Waals surface area contributed by atoms with Crippen LogP contribution in [0.5, 0.6) is 17.2 Å². The number of ether oxygens (including phenoxy) is 3. The Bertz CT molecular complexity index is 1050. The number of aryl methyl sites for hydroxylation is 1. The summed E-state index contributed by atoms with van der Waals surface area (Å²) in [5.41, 5.74) is 0.408. The van der Waals surface area contributed by atoms with E-state index in [0.717, 1.165) is 16.2 Å². The Morgan fingerprint density at radius 2 is 1.91 bits per heavy atom. The molecule has 2 atom stereocenters. The normalized spacial score (nSPS) is 20.2. The van der Waals surface area contributed by atoms with Crippen LogP contribution in [0.25, 0.3) is 0 Å². The highest BCUT2D eigenvalue weighted by molar-refractivity contribution is 6.11. The van der Waals surface area contributed by atoms with E-state index in [9.17, 15) is 14.4 Å². The molecule has 2 aromatic rings. The Balaban J connectivity index is 1.41. The fourth-order valence-corrected chi connectivity index (χ4v) is 3.75. The highest BCUT2D eigenvalue weighted by Crippen LogP contribution is 2.34. The second kappa shape index (κ2) is 8.41. The number of carbonyl (C=O) groups is 3. The zero-order valence-electron chi connectivity index (χ0n) is 18.1. The van der Waals surface area contributed by atoms with Crippen LogP contribution in [-0.2, 0) is 16.0 Å². The van der Waals surface area contributed by atoms with Gasteiger partial charge in [-0.05, 0) is 56.5 Å². The number of urea groups is 1. The van der Waals surface area contributed by atoms with Crippen molar-refractivity contribution in [2.75, 3.05) is 19.2 Å². The third kappa shape index (κ3) is 4.05. The van der Waals surface area contributed by atoms with Crippen molar-refractivity contribution >= 4 is 23.5 Å². The molecular formula is C23H25N3O6. The third-order valence-corrected chi connectivity index (χ3v) is 5.77. The maximum atomic E-state index is 13.1. The van der Waals surface area contributed by atoms with Gasteiger partial charge in [0.25, 0.3) is 5.91 Å². The summed E-state index contributed by atoms with van der Waals surface area (Å²) in [7, 11) is 1.60. The number of anilines is 1. The summed E-state index contributed by atoms with van der Waals surface area (Å²) in [5.74, 6) is 0.962. The number of nitrogens with zero attached hydrogens (tertiary/aromatic N) is 1. The molecule has 9 nitrogen and oxygen atoms in total. The van der Waals surface area contributed by atoms with E-state index >= 15 is 0 Å². The van der Waals surface area contributed by atoms with E-state index in [-0.39, 0.29) is 6.79 Å². The molecule has 168 valence electrons. The van der Waals surface area contributed by atoms with E-state index in [4.69, 9.17) is 14.2 Å². The molecule has 2 aromatic carbocycles. The molecule has 0 spiro atoms. The standard InChI is InChI=1S/C23H25N3O6/c1-14(20(27)24-16-6-9-18-19(12-16)32-13-31-18)26-21(28)23(2,25-22(26)29)11-10-15-4-7-17(30-3)8-5-15/h4-9,12,14H,10-11,13H2,1-3H3,(H,24,27)(H,25,29). The Labute approximate surface area is 185 Å². The minimum Gasteiger partial charge on any atom is -0.497 e. The molecule has 2 aliphatic heterocycles. The number of carbonyl (C=O) groups excluding carboxylic acids is 3. The maximum absolute atomic E-state index is 13.1. The van der Waals surface area contributed by atoms with E-state index in [1.807, 2.05) is 24.3 Å². The summed E-state index contributed by atoms with van der Waals surface area (Å²) in [5, 5.41) is 5.48. The van der Waals surface area contributed by atoms with E-state index in [0.29, 0.717) is 30.0 Å². The van der Waals surface area contributed by atoms with Crippen LogP contribution in [0.2, 0.25) is 0 Å². The quantitative estimate of drug-likeness (QED) is 0.643. The molecule has 0 radical (unpaired) electrons. The minimum absolute atomic E-state index is 0.126. The first-order valence-electron chi connectivity index (χ1n) is 10.3. The molecule has 2 heterocycles. The second-order valence-electron chi connectivity index (χ2n) is 8.02. The van der Waals surface area contributed by atoms with E-state index in [2.05, 4.69) is 10.6 Å². The van der Waals surface area contributed by atoms with Crippen molar-refractivity contribution in [1.82, 2.24) is 10.2 Å². The van der Waals surface area contributed by atoms with Crippen LogP contribution in [-0.4, -0.2) is 48.2 Å². The molecule has 2 unspecified atom stereocenters. The van der Waals surface area contributed by atoms with Gasteiger partial charge in [0.05, 0.1) is 7.11 Å². The van der Waals surface area contributed by atoms with Crippen LogP contribution in [0.15, 0.2) is 42.5 Å². The summed E-state index contributed by atoms with van der Waals surface area (Å²) >= 11 is 0. The molecule has 4 amide bonds. The largest absolute Gasteiger partial charge is 0.497 e. The fourth-order valence-electron chi connectivity index (χ4n) is 3.75. The van der Waals surface area contributed by atoms with Crippen molar-refractivity contribution in [3.8, 4) is 17.2 Å². The second-order valence-corrected chi connectivity index (χ2v) is 8.02. The van der Waals surface area contributed by atoms with Gasteiger partial charge in [-0.15, -0.1) is 0 Å². The molecule has 0 bridgehead atoms. The molecular weight excluding hydrogens is 414 g/mol. The van der Waals surface area contributed by atoms with Crippen molar-refractivity contribution in [3.63, 3.8) is 0 Å². The lowest BCUT2D eigenvalue weighted by Gasteiger charge is -2.24. The van der Waals surface area contributed by atoms with E-state index in [1.165, 1.54) is 6.92 Å². The van der Waals surface area contributed by atoms with Crippen molar-refractivity contribution in [1.29, 1.82) is 0 Å². The van der Waals surface area contributed by atoms with Crippen molar-refractivity contribution in [2.24, 2.45) is 0 Å². The number of hydrogen-bond acceptors (Lipinski definition) is 6. The topological polar surface area (TPSA) is 106 Å². The summed E-state index contributed by atoms with van der Waals surface area (Å²) in [6.45, 7) is 3.33. The molecule has 1 saturated heterocycles. The van der Waals surface area contributed by atoms with Gasteiger partial charge in [-0.1, -0.05) is 12.1 Å². The lowest BCUT2D eigenvalue weighted by molar-refractivity contribution is -0.136. The van der Waals surface area contributed by atoms with Crippen LogP contribution in [0.3, 0.4) is 0 Å². The smallest absolute Gasteiger partial charge is 0.325 e. The highest BCUT2D eigenvalue weighted by Gasteiger charge is 2.50. The van der Waals surface area contributed by atoms with Gasteiger partial charge in [0.15, 0.2) is 11.5 Å². The predicted molar refractivity (Wildman–Crippen MR) is 116 cm³/mol. The predicted octanol–water partition coefficient (Wildman–Crippen LogP) is 2.69. The Hall–Kier alpha value is -3.75.